The van der Waals surface area contributed by atoms with Crippen molar-refractivity contribution in [2.24, 2.45) is 0 Å². The van der Waals surface area contributed by atoms with Crippen molar-refractivity contribution in [1.82, 2.24) is 5.16 Å². The van der Waals surface area contributed by atoms with Gasteiger partial charge in [0.05, 0.1) is 10.0 Å². The Morgan fingerprint density at radius 2 is 1.82 bits per heavy atom. The van der Waals surface area contributed by atoms with E-state index < -0.39 is 0 Å². The van der Waals surface area contributed by atoms with Gasteiger partial charge in [-0.1, -0.05) is 58.7 Å². The van der Waals surface area contributed by atoms with Gasteiger partial charge in [-0.25, -0.2) is 0 Å². The van der Waals surface area contributed by atoms with E-state index in [9.17, 15) is 4.79 Å². The monoisotopic (exact) mass is 332 g/mol. The van der Waals surface area contributed by atoms with Crippen molar-refractivity contribution in [2.45, 2.75) is 0 Å². The van der Waals surface area contributed by atoms with Crippen LogP contribution in [-0.2, 0) is 0 Å². The minimum atomic E-state index is -0.335. The van der Waals surface area contributed by atoms with Gasteiger partial charge in [-0.2, -0.15) is 0 Å². The Bertz CT molecular complexity index is 816. The zero-order valence-corrected chi connectivity index (χ0v) is 12.7. The maximum absolute atomic E-state index is 12.4. The Morgan fingerprint density at radius 3 is 2.55 bits per heavy atom. The van der Waals surface area contributed by atoms with Crippen LogP contribution in [0.15, 0.2) is 59.3 Å². The van der Waals surface area contributed by atoms with E-state index >= 15 is 0 Å². The molecule has 1 aromatic heterocycles. The number of nitrogens with zero attached hydrogens (tertiary/aromatic N) is 1. The molecule has 0 fully saturated rings. The number of hydrogen-bond acceptors (Lipinski definition) is 3. The highest BCUT2D eigenvalue weighted by molar-refractivity contribution is 6.42. The zero-order valence-electron chi connectivity index (χ0n) is 11.2. The molecule has 0 aliphatic heterocycles. The van der Waals surface area contributed by atoms with Crippen LogP contribution >= 0.6 is 23.2 Å². The average Bonchev–Trinajstić information content (AvgIpc) is 3.01. The van der Waals surface area contributed by atoms with E-state index in [0.717, 1.165) is 5.56 Å². The standard InChI is InChI=1S/C16H10Cl2N2O2/c17-13-7-6-11(8-14(13)18)19-16(21)12-9-22-20-15(12)10-4-2-1-3-5-10/h1-9H,(H,19,21). The van der Waals surface area contributed by atoms with Crippen LogP contribution in [0.4, 0.5) is 5.69 Å². The predicted octanol–water partition coefficient (Wildman–Crippen LogP) is 4.90. The first kappa shape index (κ1) is 14.6. The first-order chi connectivity index (χ1) is 10.6. The lowest BCUT2D eigenvalue weighted by atomic mass is 10.1. The summed E-state index contributed by atoms with van der Waals surface area (Å²) < 4.78 is 4.94. The molecule has 3 rings (SSSR count). The summed E-state index contributed by atoms with van der Waals surface area (Å²) in [4.78, 5) is 12.4. The van der Waals surface area contributed by atoms with Gasteiger partial charge in [-0.15, -0.1) is 0 Å². The molecule has 3 aromatic rings. The molecule has 1 N–H and O–H groups in total. The molecule has 0 radical (unpaired) electrons. The second-order valence-corrected chi connectivity index (χ2v) is 5.34. The summed E-state index contributed by atoms with van der Waals surface area (Å²) >= 11 is 11.8. The van der Waals surface area contributed by atoms with Crippen LogP contribution in [0, 0.1) is 0 Å². The van der Waals surface area contributed by atoms with Crippen LogP contribution in [0.25, 0.3) is 11.3 Å². The van der Waals surface area contributed by atoms with E-state index in [-0.39, 0.29) is 5.91 Å². The summed E-state index contributed by atoms with van der Waals surface area (Å²) in [5.41, 5.74) is 2.17. The molecular formula is C16H10Cl2N2O2. The molecule has 1 amide bonds. The fraction of sp³-hybridized carbons (Fsp3) is 0. The van der Waals surface area contributed by atoms with E-state index in [1.807, 2.05) is 30.3 Å². The molecule has 110 valence electrons. The molecule has 1 heterocycles. The van der Waals surface area contributed by atoms with Crippen molar-refractivity contribution in [3.63, 3.8) is 0 Å². The molecule has 22 heavy (non-hydrogen) atoms. The number of benzene rings is 2. The number of carbonyl (C=O) groups excluding carboxylic acids is 1. The number of halogens is 2. The van der Waals surface area contributed by atoms with Crippen LogP contribution in [0.2, 0.25) is 10.0 Å². The Labute approximate surface area is 136 Å². The van der Waals surface area contributed by atoms with Crippen molar-refractivity contribution in [1.29, 1.82) is 0 Å². The van der Waals surface area contributed by atoms with Gasteiger partial charge in [0.1, 0.15) is 17.5 Å². The largest absolute Gasteiger partial charge is 0.363 e. The minimum Gasteiger partial charge on any atom is -0.363 e. The van der Waals surface area contributed by atoms with Gasteiger partial charge >= 0.3 is 0 Å². The van der Waals surface area contributed by atoms with Crippen molar-refractivity contribution >= 4 is 34.8 Å². The van der Waals surface area contributed by atoms with Crippen molar-refractivity contribution in [3.8, 4) is 11.3 Å². The average molecular weight is 333 g/mol. The van der Waals surface area contributed by atoms with Gasteiger partial charge in [0.15, 0.2) is 0 Å². The molecular weight excluding hydrogens is 323 g/mol. The molecule has 0 bridgehead atoms. The van der Waals surface area contributed by atoms with Crippen LogP contribution in [0.5, 0.6) is 0 Å². The van der Waals surface area contributed by atoms with Crippen LogP contribution in [0.1, 0.15) is 10.4 Å². The van der Waals surface area contributed by atoms with Crippen LogP contribution in [0.3, 0.4) is 0 Å². The highest BCUT2D eigenvalue weighted by Gasteiger charge is 2.17. The summed E-state index contributed by atoms with van der Waals surface area (Å²) in [7, 11) is 0. The van der Waals surface area contributed by atoms with E-state index in [1.54, 1.807) is 18.2 Å². The maximum atomic E-state index is 12.4. The minimum absolute atomic E-state index is 0.335. The van der Waals surface area contributed by atoms with Crippen LogP contribution < -0.4 is 5.32 Å². The molecule has 6 heteroatoms. The predicted molar refractivity (Wildman–Crippen MR) is 86.4 cm³/mol. The number of carbonyl (C=O) groups is 1. The topological polar surface area (TPSA) is 55.1 Å². The van der Waals surface area contributed by atoms with Gasteiger partial charge in [-0.05, 0) is 18.2 Å². The number of nitrogens with one attached hydrogen (secondary N) is 1. The van der Waals surface area contributed by atoms with Gasteiger partial charge in [0, 0.05) is 11.3 Å². The third-order valence-electron chi connectivity index (χ3n) is 3.04. The van der Waals surface area contributed by atoms with Gasteiger partial charge in [0.2, 0.25) is 0 Å². The smallest absolute Gasteiger partial charge is 0.261 e. The summed E-state index contributed by atoms with van der Waals surface area (Å²) in [6.07, 6.45) is 1.31. The zero-order chi connectivity index (χ0) is 15.5. The summed E-state index contributed by atoms with van der Waals surface area (Å²) in [6.45, 7) is 0. The van der Waals surface area contributed by atoms with E-state index in [2.05, 4.69) is 10.5 Å². The highest BCUT2D eigenvalue weighted by Crippen LogP contribution is 2.26. The Morgan fingerprint density at radius 1 is 1.05 bits per heavy atom. The molecule has 0 spiro atoms. The molecule has 0 saturated carbocycles. The van der Waals surface area contributed by atoms with E-state index in [1.165, 1.54) is 6.26 Å². The number of rotatable bonds is 3. The lowest BCUT2D eigenvalue weighted by Gasteiger charge is -2.06. The Balaban J connectivity index is 1.87. The maximum Gasteiger partial charge on any atom is 0.261 e. The first-order valence-corrected chi connectivity index (χ1v) is 7.17. The van der Waals surface area contributed by atoms with Crippen molar-refractivity contribution in [3.05, 3.63) is 70.4 Å². The van der Waals surface area contributed by atoms with Crippen molar-refractivity contribution in [2.75, 3.05) is 5.32 Å². The molecule has 4 nitrogen and oxygen atoms in total. The van der Waals surface area contributed by atoms with Crippen molar-refractivity contribution < 1.29 is 9.32 Å². The molecule has 2 aromatic carbocycles. The number of aromatic nitrogens is 1. The molecule has 0 aliphatic rings. The SMILES string of the molecule is O=C(Nc1ccc(Cl)c(Cl)c1)c1conc1-c1ccccc1. The third kappa shape index (κ3) is 2.98. The normalized spacial score (nSPS) is 10.5. The van der Waals surface area contributed by atoms with Gasteiger partial charge in [-0.3, -0.25) is 4.79 Å². The Kier molecular flexibility index (Phi) is 4.13. The quantitative estimate of drug-likeness (QED) is 0.742. The molecule has 0 aliphatic carbocycles. The number of amides is 1. The van der Waals surface area contributed by atoms with Crippen LogP contribution in [-0.4, -0.2) is 11.1 Å². The van der Waals surface area contributed by atoms with E-state index in [0.29, 0.717) is 27.0 Å². The second kappa shape index (κ2) is 6.22. The highest BCUT2D eigenvalue weighted by atomic mass is 35.5. The third-order valence-corrected chi connectivity index (χ3v) is 3.78. The molecule has 0 unspecified atom stereocenters. The summed E-state index contributed by atoms with van der Waals surface area (Å²) in [5.74, 6) is -0.335. The summed E-state index contributed by atoms with van der Waals surface area (Å²) in [5, 5.41) is 7.43. The fourth-order valence-corrected chi connectivity index (χ4v) is 2.27. The number of hydrogen-bond donors (Lipinski definition) is 1. The second-order valence-electron chi connectivity index (χ2n) is 4.53. The van der Waals surface area contributed by atoms with Gasteiger partial charge < -0.3 is 9.84 Å². The molecule has 0 atom stereocenters. The fourth-order valence-electron chi connectivity index (χ4n) is 1.97. The lowest BCUT2D eigenvalue weighted by Crippen LogP contribution is -2.12. The Hall–Kier alpha value is -2.30. The summed E-state index contributed by atoms with van der Waals surface area (Å²) in [6, 6.07) is 14.2. The lowest BCUT2D eigenvalue weighted by molar-refractivity contribution is 0.102. The molecule has 0 saturated heterocycles. The number of anilines is 1. The van der Waals surface area contributed by atoms with Gasteiger partial charge in [0.25, 0.3) is 5.91 Å². The first-order valence-electron chi connectivity index (χ1n) is 6.41. The van der Waals surface area contributed by atoms with E-state index in [4.69, 9.17) is 27.7 Å².